The molecule has 6 nitrogen and oxygen atoms in total. The van der Waals surface area contributed by atoms with Crippen LogP contribution in [0, 0.1) is 0 Å². The molecule has 2 aromatic rings. The van der Waals surface area contributed by atoms with Crippen molar-refractivity contribution < 1.29 is 13.2 Å². The molecule has 1 aromatic heterocycles. The summed E-state index contributed by atoms with van der Waals surface area (Å²) in [5.74, 6) is -0.118. The summed E-state index contributed by atoms with van der Waals surface area (Å²) in [5, 5.41) is 1.50. The van der Waals surface area contributed by atoms with Crippen molar-refractivity contribution in [3.63, 3.8) is 0 Å². The zero-order valence-electron chi connectivity index (χ0n) is 12.8. The van der Waals surface area contributed by atoms with Gasteiger partial charge in [-0.15, -0.1) is 0 Å². The third-order valence-corrected chi connectivity index (χ3v) is 5.56. The molecule has 0 spiro atoms. The van der Waals surface area contributed by atoms with E-state index in [0.29, 0.717) is 43.3 Å². The summed E-state index contributed by atoms with van der Waals surface area (Å²) in [5.41, 5.74) is 1.35. The second-order valence-corrected chi connectivity index (χ2v) is 8.14. The second-order valence-electron chi connectivity index (χ2n) is 5.72. The molecule has 0 aliphatic carbocycles. The molecule has 1 saturated heterocycles. The first-order valence-corrected chi connectivity index (χ1v) is 9.60. The van der Waals surface area contributed by atoms with Gasteiger partial charge in [-0.3, -0.25) is 4.79 Å². The number of nitrogens with one attached hydrogen (secondary N) is 1. The number of hydrogen-bond acceptors (Lipinski definition) is 3. The Kier molecular flexibility index (Phi) is 4.35. The molecule has 8 heteroatoms. The summed E-state index contributed by atoms with van der Waals surface area (Å²) in [6, 6.07) is 7.19. The molecule has 1 N–H and O–H groups in total. The maximum absolute atomic E-state index is 12.7. The number of rotatable bonds is 2. The average Bonchev–Trinajstić information content (AvgIpc) is 2.72. The lowest BCUT2D eigenvalue weighted by atomic mass is 10.2. The van der Waals surface area contributed by atoms with Gasteiger partial charge in [0.05, 0.1) is 6.26 Å². The molecule has 3 rings (SSSR count). The number of carbonyl (C=O) groups excluding carboxylic acids is 1. The van der Waals surface area contributed by atoms with Crippen LogP contribution in [0.3, 0.4) is 0 Å². The van der Waals surface area contributed by atoms with Gasteiger partial charge in [0.2, 0.25) is 10.0 Å². The fourth-order valence-electron chi connectivity index (χ4n) is 2.82. The van der Waals surface area contributed by atoms with Crippen LogP contribution in [0.25, 0.3) is 10.9 Å². The number of amides is 1. The fraction of sp³-hybridized carbons (Fsp3) is 0.400. The number of nitrogens with zero attached hydrogens (tertiary/aromatic N) is 2. The third kappa shape index (κ3) is 3.52. The Balaban J connectivity index is 1.79. The average molecular weight is 356 g/mol. The predicted octanol–water partition coefficient (Wildman–Crippen LogP) is 1.93. The van der Waals surface area contributed by atoms with Gasteiger partial charge in [-0.25, -0.2) is 12.7 Å². The normalized spacial score (nSPS) is 17.4. The van der Waals surface area contributed by atoms with Gasteiger partial charge >= 0.3 is 0 Å². The molecule has 124 valence electrons. The van der Waals surface area contributed by atoms with Crippen molar-refractivity contribution in [2.45, 2.75) is 6.42 Å². The van der Waals surface area contributed by atoms with Gasteiger partial charge in [0.15, 0.2) is 0 Å². The van der Waals surface area contributed by atoms with Gasteiger partial charge in [0, 0.05) is 42.1 Å². The SMILES string of the molecule is CS(=O)(=O)N1CCCN(C(=O)c2cc3cc(Cl)ccc3[nH]2)CC1. The number of H-pyrrole nitrogens is 1. The lowest BCUT2D eigenvalue weighted by Gasteiger charge is -2.20. The topological polar surface area (TPSA) is 73.5 Å². The minimum Gasteiger partial charge on any atom is -0.351 e. The van der Waals surface area contributed by atoms with E-state index in [1.165, 1.54) is 10.6 Å². The molecule has 0 atom stereocenters. The Morgan fingerprint density at radius 1 is 1.17 bits per heavy atom. The highest BCUT2D eigenvalue weighted by atomic mass is 35.5. The first-order valence-electron chi connectivity index (χ1n) is 7.37. The largest absolute Gasteiger partial charge is 0.351 e. The molecule has 0 saturated carbocycles. The molecule has 0 radical (unpaired) electrons. The van der Waals surface area contributed by atoms with E-state index in [2.05, 4.69) is 4.98 Å². The van der Waals surface area contributed by atoms with E-state index in [9.17, 15) is 13.2 Å². The Bertz CT molecular complexity index is 847. The van der Waals surface area contributed by atoms with Crippen molar-refractivity contribution in [2.75, 3.05) is 32.4 Å². The van der Waals surface area contributed by atoms with Crippen molar-refractivity contribution in [2.24, 2.45) is 0 Å². The number of benzene rings is 1. The number of halogens is 1. The molecule has 1 amide bonds. The van der Waals surface area contributed by atoms with Crippen LogP contribution in [0.15, 0.2) is 24.3 Å². The van der Waals surface area contributed by atoms with Crippen molar-refractivity contribution in [3.8, 4) is 0 Å². The monoisotopic (exact) mass is 355 g/mol. The van der Waals surface area contributed by atoms with E-state index in [1.807, 2.05) is 6.07 Å². The number of fused-ring (bicyclic) bond motifs is 1. The highest BCUT2D eigenvalue weighted by Crippen LogP contribution is 2.21. The number of aromatic nitrogens is 1. The summed E-state index contributed by atoms with van der Waals surface area (Å²) in [7, 11) is -3.22. The van der Waals surface area contributed by atoms with Crippen LogP contribution in [0.4, 0.5) is 0 Å². The molecule has 0 bridgehead atoms. The van der Waals surface area contributed by atoms with Crippen LogP contribution >= 0.6 is 11.6 Å². The van der Waals surface area contributed by atoms with Gasteiger partial charge in [-0.05, 0) is 30.7 Å². The van der Waals surface area contributed by atoms with Crippen molar-refractivity contribution in [1.82, 2.24) is 14.2 Å². The zero-order valence-corrected chi connectivity index (χ0v) is 14.3. The lowest BCUT2D eigenvalue weighted by Crippen LogP contribution is -2.37. The van der Waals surface area contributed by atoms with E-state index in [4.69, 9.17) is 11.6 Å². The Morgan fingerprint density at radius 2 is 1.96 bits per heavy atom. The Labute approximate surface area is 140 Å². The number of carbonyl (C=O) groups is 1. The fourth-order valence-corrected chi connectivity index (χ4v) is 3.87. The summed E-state index contributed by atoms with van der Waals surface area (Å²) >= 11 is 5.96. The molecular weight excluding hydrogens is 338 g/mol. The number of sulfonamides is 1. The zero-order chi connectivity index (χ0) is 16.6. The lowest BCUT2D eigenvalue weighted by molar-refractivity contribution is 0.0759. The summed E-state index contributed by atoms with van der Waals surface area (Å²) in [6.07, 6.45) is 1.83. The highest BCUT2D eigenvalue weighted by Gasteiger charge is 2.25. The number of hydrogen-bond donors (Lipinski definition) is 1. The standard InChI is InChI=1S/C15H18ClN3O3S/c1-23(21,22)19-6-2-5-18(7-8-19)15(20)14-10-11-9-12(16)3-4-13(11)17-14/h3-4,9-10,17H,2,5-8H2,1H3. The molecule has 1 aliphatic heterocycles. The van der Waals surface area contributed by atoms with Crippen LogP contribution < -0.4 is 0 Å². The van der Waals surface area contributed by atoms with Gasteiger partial charge < -0.3 is 9.88 Å². The van der Waals surface area contributed by atoms with Crippen molar-refractivity contribution in [1.29, 1.82) is 0 Å². The highest BCUT2D eigenvalue weighted by molar-refractivity contribution is 7.88. The third-order valence-electron chi connectivity index (χ3n) is 4.02. The van der Waals surface area contributed by atoms with Crippen LogP contribution in [-0.2, 0) is 10.0 Å². The first kappa shape index (κ1) is 16.3. The van der Waals surface area contributed by atoms with Crippen molar-refractivity contribution in [3.05, 3.63) is 35.0 Å². The number of aromatic amines is 1. The summed E-state index contributed by atoms with van der Waals surface area (Å²) in [4.78, 5) is 17.4. The molecular formula is C15H18ClN3O3S. The predicted molar refractivity (Wildman–Crippen MR) is 90.2 cm³/mol. The Hall–Kier alpha value is -1.57. The summed E-state index contributed by atoms with van der Waals surface area (Å²) < 4.78 is 24.7. The molecule has 2 heterocycles. The minimum absolute atomic E-state index is 0.118. The first-order chi connectivity index (χ1) is 10.8. The molecule has 0 unspecified atom stereocenters. The van der Waals surface area contributed by atoms with Gasteiger partial charge in [-0.2, -0.15) is 0 Å². The van der Waals surface area contributed by atoms with Crippen LogP contribution in [0.1, 0.15) is 16.9 Å². The van der Waals surface area contributed by atoms with Crippen LogP contribution in [0.5, 0.6) is 0 Å². The van der Waals surface area contributed by atoms with E-state index < -0.39 is 10.0 Å². The Morgan fingerprint density at radius 3 is 2.70 bits per heavy atom. The van der Waals surface area contributed by atoms with Crippen LogP contribution in [-0.4, -0.2) is 60.9 Å². The van der Waals surface area contributed by atoms with Gasteiger partial charge in [-0.1, -0.05) is 11.6 Å². The molecule has 1 aromatic carbocycles. The van der Waals surface area contributed by atoms with Crippen LogP contribution in [0.2, 0.25) is 5.02 Å². The minimum atomic E-state index is -3.22. The van der Waals surface area contributed by atoms with Gasteiger partial charge in [0.1, 0.15) is 5.69 Å². The second kappa shape index (κ2) is 6.14. The quantitative estimate of drug-likeness (QED) is 0.894. The molecule has 1 aliphatic rings. The van der Waals surface area contributed by atoms with E-state index in [0.717, 1.165) is 10.9 Å². The van der Waals surface area contributed by atoms with E-state index in [-0.39, 0.29) is 5.91 Å². The maximum atomic E-state index is 12.7. The van der Waals surface area contributed by atoms with E-state index in [1.54, 1.807) is 23.1 Å². The van der Waals surface area contributed by atoms with E-state index >= 15 is 0 Å². The summed E-state index contributed by atoms with van der Waals surface area (Å²) in [6.45, 7) is 1.71. The maximum Gasteiger partial charge on any atom is 0.270 e. The molecule has 23 heavy (non-hydrogen) atoms. The van der Waals surface area contributed by atoms with Gasteiger partial charge in [0.25, 0.3) is 5.91 Å². The molecule has 1 fully saturated rings. The smallest absolute Gasteiger partial charge is 0.270 e. The van der Waals surface area contributed by atoms with Crippen molar-refractivity contribution >= 4 is 38.4 Å².